The highest BCUT2D eigenvalue weighted by Crippen LogP contribution is 2.34. The van der Waals surface area contributed by atoms with Crippen LogP contribution in [-0.2, 0) is 4.74 Å². The summed E-state index contributed by atoms with van der Waals surface area (Å²) in [6.07, 6.45) is 17.5. The standard InChI is InChI=1S/C28H48N8O/c1-3-20(2)37-18-6-7-21-14-16-35(17-15-21)34-26-25-27(36(19-30-25)24-8-4-5-9-24)33-28(32-26)31-23-12-10-22(29)11-13-23/h19-24H,3-18,29H2,1-2H3,(H2,31,32,33,34). The molecule has 2 saturated carbocycles. The smallest absolute Gasteiger partial charge is 0.227 e. The molecule has 0 radical (unpaired) electrons. The van der Waals surface area contributed by atoms with Crippen LogP contribution in [-0.4, -0.2) is 62.4 Å². The summed E-state index contributed by atoms with van der Waals surface area (Å²) in [6, 6.07) is 1.21. The van der Waals surface area contributed by atoms with E-state index in [4.69, 9.17) is 25.4 Å². The summed E-state index contributed by atoms with van der Waals surface area (Å²) in [4.78, 5) is 14.8. The van der Waals surface area contributed by atoms with E-state index in [0.717, 1.165) is 81.1 Å². The highest BCUT2D eigenvalue weighted by molar-refractivity contribution is 5.84. The predicted octanol–water partition coefficient (Wildman–Crippen LogP) is 5.26. The van der Waals surface area contributed by atoms with Gasteiger partial charge in [0.05, 0.1) is 12.4 Å². The molecule has 5 rings (SSSR count). The third kappa shape index (κ3) is 6.92. The van der Waals surface area contributed by atoms with E-state index in [1.807, 2.05) is 6.33 Å². The lowest BCUT2D eigenvalue weighted by molar-refractivity contribution is 0.0570. The number of imidazole rings is 1. The molecule has 0 bridgehead atoms. The highest BCUT2D eigenvalue weighted by Gasteiger charge is 2.25. The SMILES string of the molecule is CCC(C)OCCCC1CCN(Nc2nc(NC3CCC(N)CC3)nc3c2ncn3C2CCCC2)CC1. The number of rotatable bonds is 11. The number of nitrogens with zero attached hydrogens (tertiary/aromatic N) is 5. The maximum atomic E-state index is 6.14. The molecule has 0 aromatic carbocycles. The normalized spacial score (nSPS) is 25.1. The van der Waals surface area contributed by atoms with Crippen LogP contribution in [0.3, 0.4) is 0 Å². The van der Waals surface area contributed by atoms with E-state index in [-0.39, 0.29) is 0 Å². The van der Waals surface area contributed by atoms with Gasteiger partial charge in [0.25, 0.3) is 0 Å². The number of piperidine rings is 1. The van der Waals surface area contributed by atoms with Crippen molar-refractivity contribution >= 4 is 22.9 Å². The molecule has 4 N–H and O–H groups in total. The van der Waals surface area contributed by atoms with E-state index < -0.39 is 0 Å². The number of fused-ring (bicyclic) bond motifs is 1. The molecule has 2 aliphatic carbocycles. The van der Waals surface area contributed by atoms with Crippen molar-refractivity contribution in [3.63, 3.8) is 0 Å². The molecule has 1 unspecified atom stereocenters. The van der Waals surface area contributed by atoms with Crippen LogP contribution in [0, 0.1) is 5.92 Å². The van der Waals surface area contributed by atoms with Crippen LogP contribution in [0.5, 0.6) is 0 Å². The van der Waals surface area contributed by atoms with Crippen molar-refractivity contribution in [1.82, 2.24) is 24.5 Å². The Hall–Kier alpha value is -1.97. The average molecular weight is 513 g/mol. The third-order valence-electron chi connectivity index (χ3n) is 8.86. The number of nitrogens with two attached hydrogens (primary N) is 1. The summed E-state index contributed by atoms with van der Waals surface area (Å²) >= 11 is 0. The molecule has 2 aromatic heterocycles. The number of aromatic nitrogens is 4. The zero-order valence-electron chi connectivity index (χ0n) is 23.0. The van der Waals surface area contributed by atoms with E-state index in [1.54, 1.807) is 0 Å². The van der Waals surface area contributed by atoms with Crippen molar-refractivity contribution in [3.8, 4) is 0 Å². The lowest BCUT2D eigenvalue weighted by Gasteiger charge is -2.32. The molecule has 206 valence electrons. The zero-order chi connectivity index (χ0) is 25.6. The second-order valence-electron chi connectivity index (χ2n) is 11.7. The van der Waals surface area contributed by atoms with Gasteiger partial charge in [-0.2, -0.15) is 9.97 Å². The van der Waals surface area contributed by atoms with Gasteiger partial charge in [-0.15, -0.1) is 0 Å². The lowest BCUT2D eigenvalue weighted by Crippen LogP contribution is -2.38. The Kier molecular flexibility index (Phi) is 9.15. The van der Waals surface area contributed by atoms with Crippen LogP contribution < -0.4 is 16.5 Å². The highest BCUT2D eigenvalue weighted by atomic mass is 16.5. The van der Waals surface area contributed by atoms with E-state index in [9.17, 15) is 0 Å². The van der Waals surface area contributed by atoms with Crippen molar-refractivity contribution < 1.29 is 4.74 Å². The molecule has 37 heavy (non-hydrogen) atoms. The van der Waals surface area contributed by atoms with Crippen molar-refractivity contribution in [2.75, 3.05) is 30.4 Å². The second-order valence-corrected chi connectivity index (χ2v) is 11.7. The van der Waals surface area contributed by atoms with Gasteiger partial charge < -0.3 is 25.8 Å². The number of anilines is 2. The Morgan fingerprint density at radius 1 is 1.05 bits per heavy atom. The number of hydrogen-bond acceptors (Lipinski definition) is 8. The van der Waals surface area contributed by atoms with Crippen molar-refractivity contribution in [3.05, 3.63) is 6.33 Å². The summed E-state index contributed by atoms with van der Waals surface area (Å²) < 4.78 is 8.17. The molecule has 1 atom stereocenters. The van der Waals surface area contributed by atoms with Gasteiger partial charge in [-0.3, -0.25) is 0 Å². The number of ether oxygens (including phenoxy) is 1. The second kappa shape index (κ2) is 12.7. The van der Waals surface area contributed by atoms with Gasteiger partial charge in [0, 0.05) is 37.8 Å². The molecule has 3 aliphatic rings. The van der Waals surface area contributed by atoms with E-state index in [1.165, 1.54) is 44.9 Å². The first-order valence-corrected chi connectivity index (χ1v) is 15.0. The van der Waals surface area contributed by atoms with Crippen molar-refractivity contribution in [2.24, 2.45) is 11.7 Å². The maximum absolute atomic E-state index is 6.14. The fraction of sp³-hybridized carbons (Fsp3) is 0.821. The quantitative estimate of drug-likeness (QED) is 0.350. The Morgan fingerprint density at radius 3 is 2.54 bits per heavy atom. The first kappa shape index (κ1) is 26.6. The first-order chi connectivity index (χ1) is 18.1. The summed E-state index contributed by atoms with van der Waals surface area (Å²) in [5, 5.41) is 5.96. The topological polar surface area (TPSA) is 106 Å². The van der Waals surface area contributed by atoms with Crippen LogP contribution in [0.15, 0.2) is 6.33 Å². The van der Waals surface area contributed by atoms with Crippen LogP contribution in [0.1, 0.15) is 103 Å². The molecule has 3 fully saturated rings. The minimum atomic E-state index is 0.331. The summed E-state index contributed by atoms with van der Waals surface area (Å²) in [7, 11) is 0. The largest absolute Gasteiger partial charge is 0.379 e. The lowest BCUT2D eigenvalue weighted by atomic mass is 9.92. The van der Waals surface area contributed by atoms with Crippen LogP contribution >= 0.6 is 0 Å². The van der Waals surface area contributed by atoms with Crippen molar-refractivity contribution in [1.29, 1.82) is 0 Å². The first-order valence-electron chi connectivity index (χ1n) is 15.0. The van der Waals surface area contributed by atoms with Crippen LogP contribution in [0.4, 0.5) is 11.8 Å². The van der Waals surface area contributed by atoms with Gasteiger partial charge in [-0.05, 0) is 83.5 Å². The summed E-state index contributed by atoms with van der Waals surface area (Å²) in [5.74, 6) is 2.32. The molecule has 0 amide bonds. The third-order valence-corrected chi connectivity index (χ3v) is 8.86. The zero-order valence-corrected chi connectivity index (χ0v) is 23.0. The van der Waals surface area contributed by atoms with Gasteiger partial charge >= 0.3 is 0 Å². The summed E-state index contributed by atoms with van der Waals surface area (Å²) in [6.45, 7) is 7.28. The Labute approximate surface area is 222 Å². The van der Waals surface area contributed by atoms with Gasteiger partial charge in [0.2, 0.25) is 5.95 Å². The van der Waals surface area contributed by atoms with E-state index in [2.05, 4.69) is 34.2 Å². The minimum absolute atomic E-state index is 0.331. The van der Waals surface area contributed by atoms with Gasteiger partial charge in [-0.25, -0.2) is 9.99 Å². The molecule has 0 spiro atoms. The van der Waals surface area contributed by atoms with Gasteiger partial charge in [-0.1, -0.05) is 19.8 Å². The Balaban J connectivity index is 1.24. The molecule has 2 aromatic rings. The fourth-order valence-electron chi connectivity index (χ4n) is 6.21. The van der Waals surface area contributed by atoms with E-state index >= 15 is 0 Å². The molecule has 1 saturated heterocycles. The fourth-order valence-corrected chi connectivity index (χ4v) is 6.21. The van der Waals surface area contributed by atoms with E-state index in [0.29, 0.717) is 30.2 Å². The number of hydrazine groups is 1. The van der Waals surface area contributed by atoms with Gasteiger partial charge in [0.1, 0.15) is 0 Å². The van der Waals surface area contributed by atoms with Gasteiger partial charge in [0.15, 0.2) is 17.0 Å². The summed E-state index contributed by atoms with van der Waals surface area (Å²) in [5.41, 5.74) is 11.6. The molecular formula is C28H48N8O. The maximum Gasteiger partial charge on any atom is 0.227 e. The predicted molar refractivity (Wildman–Crippen MR) is 150 cm³/mol. The molecule has 1 aliphatic heterocycles. The monoisotopic (exact) mass is 512 g/mol. The molecule has 3 heterocycles. The molecule has 9 heteroatoms. The Morgan fingerprint density at radius 2 is 1.81 bits per heavy atom. The average Bonchev–Trinajstić information content (AvgIpc) is 3.59. The van der Waals surface area contributed by atoms with Crippen LogP contribution in [0.25, 0.3) is 11.2 Å². The van der Waals surface area contributed by atoms with Crippen molar-refractivity contribution in [2.45, 2.75) is 122 Å². The number of nitrogens with one attached hydrogen (secondary N) is 2. The van der Waals surface area contributed by atoms with Crippen LogP contribution in [0.2, 0.25) is 0 Å². The Bertz CT molecular complexity index is 974. The number of hydrogen-bond donors (Lipinski definition) is 3. The molecular weight excluding hydrogens is 464 g/mol. The molecule has 9 nitrogen and oxygen atoms in total. The minimum Gasteiger partial charge on any atom is -0.379 e.